The van der Waals surface area contributed by atoms with Gasteiger partial charge in [-0.1, -0.05) is 41.4 Å². The van der Waals surface area contributed by atoms with E-state index in [2.05, 4.69) is 4.74 Å². The van der Waals surface area contributed by atoms with Gasteiger partial charge in [0.25, 0.3) is 0 Å². The molecule has 0 aromatic heterocycles. The van der Waals surface area contributed by atoms with E-state index in [4.69, 9.17) is 27.9 Å². The van der Waals surface area contributed by atoms with Crippen LogP contribution in [-0.2, 0) is 16.1 Å². The molecule has 0 aliphatic heterocycles. The summed E-state index contributed by atoms with van der Waals surface area (Å²) in [6, 6.07) is 12.6. The normalized spacial score (nSPS) is 10.7. The van der Waals surface area contributed by atoms with Gasteiger partial charge < -0.3 is 9.47 Å². The largest absolute Gasteiger partial charge is 0.489 e. The number of carbonyl (C=O) groups is 1. The van der Waals surface area contributed by atoms with Gasteiger partial charge >= 0.3 is 5.97 Å². The highest BCUT2D eigenvalue weighted by Gasteiger charge is 2.03. The van der Waals surface area contributed by atoms with E-state index in [-0.39, 0.29) is 0 Å². The lowest BCUT2D eigenvalue weighted by Gasteiger charge is -2.08. The molecule has 0 spiro atoms. The van der Waals surface area contributed by atoms with Crippen molar-refractivity contribution in [2.45, 2.75) is 6.61 Å². The fourth-order valence-corrected chi connectivity index (χ4v) is 2.20. The van der Waals surface area contributed by atoms with Gasteiger partial charge in [0.1, 0.15) is 12.4 Å². The van der Waals surface area contributed by atoms with Crippen molar-refractivity contribution in [3.05, 3.63) is 69.7 Å². The van der Waals surface area contributed by atoms with Gasteiger partial charge in [-0.3, -0.25) is 0 Å². The van der Waals surface area contributed by atoms with E-state index in [1.54, 1.807) is 18.2 Å². The predicted octanol–water partition coefficient (Wildman–Crippen LogP) is 4.76. The summed E-state index contributed by atoms with van der Waals surface area (Å²) in [6.45, 7) is 0.334. The topological polar surface area (TPSA) is 35.5 Å². The number of halogens is 2. The highest BCUT2D eigenvalue weighted by molar-refractivity contribution is 6.35. The number of hydrogen-bond acceptors (Lipinski definition) is 3. The fraction of sp³-hybridized carbons (Fsp3) is 0.118. The van der Waals surface area contributed by atoms with Crippen LogP contribution >= 0.6 is 23.2 Å². The molecule has 0 radical (unpaired) electrons. The molecule has 2 rings (SSSR count). The molecule has 0 N–H and O–H groups in total. The Morgan fingerprint density at radius 3 is 2.73 bits per heavy atom. The van der Waals surface area contributed by atoms with Crippen LogP contribution < -0.4 is 4.74 Å². The molecule has 0 aliphatic carbocycles. The van der Waals surface area contributed by atoms with Crippen LogP contribution in [0.4, 0.5) is 0 Å². The molecule has 2 aromatic carbocycles. The molecular formula is C17H14Cl2O3. The van der Waals surface area contributed by atoms with Gasteiger partial charge in [0.15, 0.2) is 0 Å². The van der Waals surface area contributed by atoms with E-state index >= 15 is 0 Å². The summed E-state index contributed by atoms with van der Waals surface area (Å²) < 4.78 is 10.3. The predicted molar refractivity (Wildman–Crippen MR) is 88.3 cm³/mol. The van der Waals surface area contributed by atoms with Crippen LogP contribution in [-0.4, -0.2) is 13.1 Å². The summed E-state index contributed by atoms with van der Waals surface area (Å²) in [7, 11) is 1.34. The SMILES string of the molecule is COC(=O)/C=C/c1cccc(OCc2ccc(Cl)cc2Cl)c1. The highest BCUT2D eigenvalue weighted by atomic mass is 35.5. The van der Waals surface area contributed by atoms with Crippen LogP contribution in [0.25, 0.3) is 6.08 Å². The van der Waals surface area contributed by atoms with Crippen LogP contribution in [0.3, 0.4) is 0 Å². The van der Waals surface area contributed by atoms with Gasteiger partial charge in [0, 0.05) is 21.7 Å². The summed E-state index contributed by atoms with van der Waals surface area (Å²) in [4.78, 5) is 11.1. The lowest BCUT2D eigenvalue weighted by Crippen LogP contribution is -1.96. The lowest BCUT2D eigenvalue weighted by molar-refractivity contribution is -0.134. The molecule has 114 valence electrons. The zero-order chi connectivity index (χ0) is 15.9. The second-order valence-corrected chi connectivity index (χ2v) is 5.30. The van der Waals surface area contributed by atoms with Crippen molar-refractivity contribution in [1.29, 1.82) is 0 Å². The standard InChI is InChI=1S/C17H14Cl2O3/c1-21-17(20)8-5-12-3-2-4-15(9-12)22-11-13-6-7-14(18)10-16(13)19/h2-10H,11H2,1H3/b8-5+. The zero-order valence-corrected chi connectivity index (χ0v) is 13.4. The monoisotopic (exact) mass is 336 g/mol. The van der Waals surface area contributed by atoms with E-state index < -0.39 is 5.97 Å². The number of rotatable bonds is 5. The Balaban J connectivity index is 2.04. The lowest BCUT2D eigenvalue weighted by atomic mass is 10.2. The molecule has 0 saturated heterocycles. The van der Waals surface area contributed by atoms with Gasteiger partial charge in [-0.2, -0.15) is 0 Å². The minimum Gasteiger partial charge on any atom is -0.489 e. The quantitative estimate of drug-likeness (QED) is 0.583. The van der Waals surface area contributed by atoms with E-state index in [9.17, 15) is 4.79 Å². The fourth-order valence-electron chi connectivity index (χ4n) is 1.74. The maximum atomic E-state index is 11.1. The van der Waals surface area contributed by atoms with E-state index in [1.807, 2.05) is 30.3 Å². The van der Waals surface area contributed by atoms with Gasteiger partial charge in [-0.25, -0.2) is 4.79 Å². The van der Waals surface area contributed by atoms with E-state index in [0.29, 0.717) is 22.4 Å². The second kappa shape index (κ2) is 7.87. The van der Waals surface area contributed by atoms with Crippen LogP contribution in [0.1, 0.15) is 11.1 Å². The number of benzene rings is 2. The van der Waals surface area contributed by atoms with Gasteiger partial charge in [-0.05, 0) is 35.9 Å². The first-order valence-electron chi connectivity index (χ1n) is 6.51. The Kier molecular flexibility index (Phi) is 5.87. The highest BCUT2D eigenvalue weighted by Crippen LogP contribution is 2.23. The van der Waals surface area contributed by atoms with Crippen molar-refractivity contribution in [3.63, 3.8) is 0 Å². The molecule has 0 aliphatic rings. The van der Waals surface area contributed by atoms with Crippen LogP contribution in [0.15, 0.2) is 48.5 Å². The molecule has 0 amide bonds. The molecule has 0 fully saturated rings. The van der Waals surface area contributed by atoms with Crippen LogP contribution in [0.2, 0.25) is 10.0 Å². The van der Waals surface area contributed by atoms with E-state index in [1.165, 1.54) is 13.2 Å². The van der Waals surface area contributed by atoms with Crippen molar-refractivity contribution in [3.8, 4) is 5.75 Å². The molecular weight excluding hydrogens is 323 g/mol. The zero-order valence-electron chi connectivity index (χ0n) is 11.9. The van der Waals surface area contributed by atoms with Gasteiger partial charge in [-0.15, -0.1) is 0 Å². The first kappa shape index (κ1) is 16.4. The summed E-state index contributed by atoms with van der Waals surface area (Å²) >= 11 is 12.0. The van der Waals surface area contributed by atoms with Crippen molar-refractivity contribution in [1.82, 2.24) is 0 Å². The molecule has 0 atom stereocenters. The van der Waals surface area contributed by atoms with Gasteiger partial charge in [0.05, 0.1) is 7.11 Å². The molecule has 0 heterocycles. The molecule has 2 aromatic rings. The first-order valence-corrected chi connectivity index (χ1v) is 7.27. The first-order chi connectivity index (χ1) is 10.6. The number of methoxy groups -OCH3 is 1. The Labute approximate surface area is 139 Å². The van der Waals surface area contributed by atoms with Crippen molar-refractivity contribution in [2.75, 3.05) is 7.11 Å². The maximum absolute atomic E-state index is 11.1. The molecule has 22 heavy (non-hydrogen) atoms. The summed E-state index contributed by atoms with van der Waals surface area (Å²) in [5.74, 6) is 0.275. The Bertz CT molecular complexity index is 696. The second-order valence-electron chi connectivity index (χ2n) is 4.45. The van der Waals surface area contributed by atoms with Gasteiger partial charge in [0.2, 0.25) is 0 Å². The third kappa shape index (κ3) is 4.79. The van der Waals surface area contributed by atoms with Crippen molar-refractivity contribution >= 4 is 35.2 Å². The molecule has 0 bridgehead atoms. The van der Waals surface area contributed by atoms with E-state index in [0.717, 1.165) is 11.1 Å². The summed E-state index contributed by atoms with van der Waals surface area (Å²) in [5.41, 5.74) is 1.69. The Morgan fingerprint density at radius 1 is 1.18 bits per heavy atom. The minimum atomic E-state index is -0.403. The number of esters is 1. The van der Waals surface area contributed by atoms with Crippen molar-refractivity contribution in [2.24, 2.45) is 0 Å². The Hall–Kier alpha value is -1.97. The number of carbonyl (C=O) groups excluding carboxylic acids is 1. The average molecular weight is 337 g/mol. The molecule has 0 unspecified atom stereocenters. The molecule has 0 saturated carbocycles. The van der Waals surface area contributed by atoms with Crippen molar-refractivity contribution < 1.29 is 14.3 Å². The maximum Gasteiger partial charge on any atom is 0.330 e. The Morgan fingerprint density at radius 2 is 2.00 bits per heavy atom. The summed E-state index contributed by atoms with van der Waals surface area (Å²) in [6.07, 6.45) is 3.02. The third-order valence-corrected chi connectivity index (χ3v) is 3.47. The smallest absolute Gasteiger partial charge is 0.330 e. The summed E-state index contributed by atoms with van der Waals surface area (Å²) in [5, 5.41) is 1.15. The van der Waals surface area contributed by atoms with Crippen LogP contribution in [0, 0.1) is 0 Å². The number of ether oxygens (including phenoxy) is 2. The third-order valence-electron chi connectivity index (χ3n) is 2.88. The molecule has 3 nitrogen and oxygen atoms in total. The van der Waals surface area contributed by atoms with Crippen LogP contribution in [0.5, 0.6) is 5.75 Å². The number of hydrogen-bond donors (Lipinski definition) is 0. The molecule has 5 heteroatoms. The minimum absolute atomic E-state index is 0.334. The average Bonchev–Trinajstić information content (AvgIpc) is 2.52.